The van der Waals surface area contributed by atoms with Gasteiger partial charge in [-0.25, -0.2) is 4.39 Å². The number of allylic oxidation sites excluding steroid dienone is 2. The summed E-state index contributed by atoms with van der Waals surface area (Å²) in [6.45, 7) is 2.67. The molecule has 0 aromatic heterocycles. The topological polar surface area (TPSA) is 9.23 Å². The highest BCUT2D eigenvalue weighted by molar-refractivity contribution is 5.22. The number of hydrogen-bond donors (Lipinski definition) is 0. The van der Waals surface area contributed by atoms with E-state index in [0.717, 1.165) is 19.3 Å². The van der Waals surface area contributed by atoms with Crippen molar-refractivity contribution in [1.82, 2.24) is 0 Å². The SMILES string of the molecule is CC=CCCCCOc1cccc(F)c1. The van der Waals surface area contributed by atoms with Gasteiger partial charge in [0, 0.05) is 6.07 Å². The van der Waals surface area contributed by atoms with Crippen molar-refractivity contribution in [2.75, 3.05) is 6.61 Å². The van der Waals surface area contributed by atoms with E-state index in [0.29, 0.717) is 12.4 Å². The molecule has 0 radical (unpaired) electrons. The Labute approximate surface area is 90.6 Å². The molecule has 0 aliphatic carbocycles. The van der Waals surface area contributed by atoms with Crippen molar-refractivity contribution in [2.24, 2.45) is 0 Å². The fourth-order valence-corrected chi connectivity index (χ4v) is 1.28. The van der Waals surface area contributed by atoms with E-state index in [1.807, 2.05) is 13.0 Å². The van der Waals surface area contributed by atoms with Crippen molar-refractivity contribution in [1.29, 1.82) is 0 Å². The lowest BCUT2D eigenvalue weighted by Gasteiger charge is -2.04. The van der Waals surface area contributed by atoms with Gasteiger partial charge in [0.15, 0.2) is 0 Å². The molecule has 0 amide bonds. The predicted octanol–water partition coefficient (Wildman–Crippen LogP) is 3.95. The molecule has 0 spiro atoms. The van der Waals surface area contributed by atoms with Crippen molar-refractivity contribution in [3.8, 4) is 5.75 Å². The molecular weight excluding hydrogens is 191 g/mol. The Bertz CT molecular complexity index is 307. The molecule has 0 unspecified atom stereocenters. The highest BCUT2D eigenvalue weighted by atomic mass is 19.1. The van der Waals surface area contributed by atoms with Crippen molar-refractivity contribution >= 4 is 0 Å². The molecule has 0 fully saturated rings. The molecule has 82 valence electrons. The fraction of sp³-hybridized carbons (Fsp3) is 0.385. The summed E-state index contributed by atoms with van der Waals surface area (Å²) in [4.78, 5) is 0. The first-order valence-electron chi connectivity index (χ1n) is 5.32. The first-order chi connectivity index (χ1) is 7.33. The number of ether oxygens (including phenoxy) is 1. The molecule has 0 heterocycles. The van der Waals surface area contributed by atoms with Crippen LogP contribution in [0.2, 0.25) is 0 Å². The zero-order valence-corrected chi connectivity index (χ0v) is 9.08. The van der Waals surface area contributed by atoms with Crippen LogP contribution in [0.1, 0.15) is 26.2 Å². The Morgan fingerprint density at radius 3 is 2.93 bits per heavy atom. The summed E-state index contributed by atoms with van der Waals surface area (Å²) in [6.07, 6.45) is 7.39. The van der Waals surface area contributed by atoms with Crippen LogP contribution in [0.4, 0.5) is 4.39 Å². The number of unbranched alkanes of at least 4 members (excludes halogenated alkanes) is 2. The first-order valence-corrected chi connectivity index (χ1v) is 5.32. The second kappa shape index (κ2) is 7.04. The summed E-state index contributed by atoms with van der Waals surface area (Å²) in [6, 6.07) is 6.25. The van der Waals surface area contributed by atoms with Gasteiger partial charge in [0.1, 0.15) is 11.6 Å². The smallest absolute Gasteiger partial charge is 0.126 e. The average Bonchev–Trinajstić information content (AvgIpc) is 2.23. The fourth-order valence-electron chi connectivity index (χ4n) is 1.28. The minimum Gasteiger partial charge on any atom is -0.493 e. The Morgan fingerprint density at radius 2 is 2.20 bits per heavy atom. The van der Waals surface area contributed by atoms with Gasteiger partial charge in [-0.1, -0.05) is 18.2 Å². The minimum absolute atomic E-state index is 0.249. The largest absolute Gasteiger partial charge is 0.493 e. The van der Waals surface area contributed by atoms with Crippen LogP contribution in [0.15, 0.2) is 36.4 Å². The minimum atomic E-state index is -0.249. The second-order valence-electron chi connectivity index (χ2n) is 3.37. The van der Waals surface area contributed by atoms with Gasteiger partial charge >= 0.3 is 0 Å². The van der Waals surface area contributed by atoms with E-state index < -0.39 is 0 Å². The summed E-state index contributed by atoms with van der Waals surface area (Å²) >= 11 is 0. The van der Waals surface area contributed by atoms with E-state index in [9.17, 15) is 4.39 Å². The molecule has 1 aromatic rings. The molecule has 0 bridgehead atoms. The third-order valence-corrected chi connectivity index (χ3v) is 2.07. The molecule has 0 aliphatic heterocycles. The Kier molecular flexibility index (Phi) is 5.52. The van der Waals surface area contributed by atoms with E-state index >= 15 is 0 Å². The van der Waals surface area contributed by atoms with Gasteiger partial charge < -0.3 is 4.74 Å². The van der Waals surface area contributed by atoms with E-state index in [2.05, 4.69) is 6.08 Å². The van der Waals surface area contributed by atoms with Crippen LogP contribution in [0.25, 0.3) is 0 Å². The van der Waals surface area contributed by atoms with E-state index in [1.165, 1.54) is 12.1 Å². The van der Waals surface area contributed by atoms with Gasteiger partial charge in [-0.15, -0.1) is 0 Å². The molecule has 1 rings (SSSR count). The third-order valence-electron chi connectivity index (χ3n) is 2.07. The molecule has 0 saturated carbocycles. The van der Waals surface area contributed by atoms with Gasteiger partial charge in [0.2, 0.25) is 0 Å². The van der Waals surface area contributed by atoms with Gasteiger partial charge in [-0.05, 0) is 38.3 Å². The van der Waals surface area contributed by atoms with Crippen LogP contribution < -0.4 is 4.74 Å². The van der Waals surface area contributed by atoms with E-state index in [1.54, 1.807) is 12.1 Å². The van der Waals surface area contributed by atoms with Crippen LogP contribution in [0.5, 0.6) is 5.75 Å². The van der Waals surface area contributed by atoms with Crippen LogP contribution in [-0.4, -0.2) is 6.61 Å². The molecular formula is C13H17FO. The van der Waals surface area contributed by atoms with Gasteiger partial charge in [-0.2, -0.15) is 0 Å². The van der Waals surface area contributed by atoms with Gasteiger partial charge in [-0.3, -0.25) is 0 Å². The Morgan fingerprint density at radius 1 is 1.33 bits per heavy atom. The molecule has 15 heavy (non-hydrogen) atoms. The van der Waals surface area contributed by atoms with Gasteiger partial charge in [0.25, 0.3) is 0 Å². The van der Waals surface area contributed by atoms with Crippen molar-refractivity contribution in [3.05, 3.63) is 42.2 Å². The molecule has 0 saturated heterocycles. The van der Waals surface area contributed by atoms with E-state index in [4.69, 9.17) is 4.74 Å². The maximum Gasteiger partial charge on any atom is 0.126 e. The quantitative estimate of drug-likeness (QED) is 0.508. The molecule has 0 N–H and O–H groups in total. The highest BCUT2D eigenvalue weighted by Crippen LogP contribution is 2.12. The average molecular weight is 208 g/mol. The summed E-state index contributed by atoms with van der Waals surface area (Å²) in [7, 11) is 0. The molecule has 0 atom stereocenters. The van der Waals surface area contributed by atoms with Crippen LogP contribution in [0, 0.1) is 5.82 Å². The van der Waals surface area contributed by atoms with Crippen molar-refractivity contribution in [2.45, 2.75) is 26.2 Å². The summed E-state index contributed by atoms with van der Waals surface area (Å²) in [5, 5.41) is 0. The maximum atomic E-state index is 12.8. The normalized spacial score (nSPS) is 10.8. The molecule has 0 aliphatic rings. The monoisotopic (exact) mass is 208 g/mol. The van der Waals surface area contributed by atoms with Crippen LogP contribution in [0.3, 0.4) is 0 Å². The van der Waals surface area contributed by atoms with E-state index in [-0.39, 0.29) is 5.82 Å². The zero-order chi connectivity index (χ0) is 10.9. The maximum absolute atomic E-state index is 12.8. The molecule has 1 aromatic carbocycles. The highest BCUT2D eigenvalue weighted by Gasteiger charge is 1.95. The number of halogens is 1. The van der Waals surface area contributed by atoms with Crippen molar-refractivity contribution in [3.63, 3.8) is 0 Å². The van der Waals surface area contributed by atoms with Crippen LogP contribution in [-0.2, 0) is 0 Å². The summed E-state index contributed by atoms with van der Waals surface area (Å²) in [5.41, 5.74) is 0. The van der Waals surface area contributed by atoms with Crippen molar-refractivity contribution < 1.29 is 9.13 Å². The summed E-state index contributed by atoms with van der Waals surface area (Å²) < 4.78 is 18.2. The summed E-state index contributed by atoms with van der Waals surface area (Å²) in [5.74, 6) is 0.363. The molecule has 1 nitrogen and oxygen atoms in total. The Hall–Kier alpha value is -1.31. The molecule has 2 heteroatoms. The second-order valence-corrected chi connectivity index (χ2v) is 3.37. The lowest BCUT2D eigenvalue weighted by molar-refractivity contribution is 0.306. The number of rotatable bonds is 6. The lowest BCUT2D eigenvalue weighted by Crippen LogP contribution is -1.97. The Balaban J connectivity index is 2.15. The number of hydrogen-bond acceptors (Lipinski definition) is 1. The third kappa shape index (κ3) is 5.21. The van der Waals surface area contributed by atoms with Crippen LogP contribution >= 0.6 is 0 Å². The lowest BCUT2D eigenvalue weighted by atomic mass is 10.2. The van der Waals surface area contributed by atoms with Gasteiger partial charge in [0.05, 0.1) is 6.61 Å². The first kappa shape index (κ1) is 11.8. The predicted molar refractivity (Wildman–Crippen MR) is 60.6 cm³/mol. The zero-order valence-electron chi connectivity index (χ0n) is 9.08. The standard InChI is InChI=1S/C13H17FO/c1-2-3-4-5-6-10-15-13-9-7-8-12(14)11-13/h2-3,7-9,11H,4-6,10H2,1H3. The number of benzene rings is 1.